The Morgan fingerprint density at radius 1 is 1.44 bits per heavy atom. The Hall–Kier alpha value is 0.454. The van der Waals surface area contributed by atoms with Crippen LogP contribution in [0, 0.1) is 10.8 Å². The Morgan fingerprint density at radius 3 is 2.00 bits per heavy atom. The van der Waals surface area contributed by atoms with Crippen LogP contribution in [0.1, 0.15) is 33.6 Å². The van der Waals surface area contributed by atoms with E-state index in [9.17, 15) is 0 Å². The molecule has 0 bridgehead atoms. The van der Waals surface area contributed by atoms with E-state index in [1.54, 1.807) is 0 Å². The molecule has 1 saturated carbocycles. The van der Waals surface area contributed by atoms with Crippen LogP contribution in [0.5, 0.6) is 0 Å². The van der Waals surface area contributed by atoms with Crippen molar-refractivity contribution < 1.29 is 17.0 Å². The van der Waals surface area contributed by atoms with Gasteiger partial charge in [0.1, 0.15) is 0 Å². The molecule has 0 aromatic heterocycles. The van der Waals surface area contributed by atoms with Crippen LogP contribution in [0.3, 0.4) is 0 Å². The van der Waals surface area contributed by atoms with E-state index in [1.165, 1.54) is 12.8 Å². The van der Waals surface area contributed by atoms with E-state index >= 15 is 0 Å². The van der Waals surface area contributed by atoms with Gasteiger partial charge in [-0.25, -0.2) is 0 Å². The topological polar surface area (TPSA) is 0 Å². The van der Waals surface area contributed by atoms with Crippen LogP contribution < -0.4 is 0 Å². The van der Waals surface area contributed by atoms with Gasteiger partial charge in [0.25, 0.3) is 0 Å². The van der Waals surface area contributed by atoms with Crippen molar-refractivity contribution in [2.75, 3.05) is 0 Å². The first-order valence-electron chi connectivity index (χ1n) is 3.50. The summed E-state index contributed by atoms with van der Waals surface area (Å²) in [5.74, 6) is 0. The van der Waals surface area contributed by atoms with E-state index in [1.807, 2.05) is 0 Å². The number of rotatable bonds is 2. The predicted octanol–water partition coefficient (Wildman–Crippen LogP) is 2.16. The predicted molar refractivity (Wildman–Crippen MR) is 37.2 cm³/mol. The van der Waals surface area contributed by atoms with Crippen molar-refractivity contribution in [3.8, 4) is 0 Å². The molecule has 1 heteroatoms. The number of hydrogen-bond donors (Lipinski definition) is 0. The molecule has 9 heavy (non-hydrogen) atoms. The quantitative estimate of drug-likeness (QED) is 0.582. The van der Waals surface area contributed by atoms with E-state index in [-0.39, 0.29) is 0 Å². The summed E-state index contributed by atoms with van der Waals surface area (Å²) in [6, 6.07) is 0. The second kappa shape index (κ2) is 1.97. The minimum absolute atomic E-state index is 0.437. The molecule has 51 valence electrons. The molecule has 0 amide bonds. The van der Waals surface area contributed by atoms with Crippen molar-refractivity contribution in [2.24, 2.45) is 10.8 Å². The average Bonchev–Trinajstić information content (AvgIpc) is 2.49. The second-order valence-electron chi connectivity index (χ2n) is 3.91. The Morgan fingerprint density at radius 2 is 1.89 bits per heavy atom. The maximum atomic E-state index is 2.59. The zero-order valence-corrected chi connectivity index (χ0v) is 7.84. The van der Waals surface area contributed by atoms with Crippen LogP contribution in [0.2, 0.25) is 0 Å². The zero-order chi connectivity index (χ0) is 7.12. The normalized spacial score (nSPS) is 23.3. The zero-order valence-electron chi connectivity index (χ0n) is 6.44. The molecule has 0 aromatic rings. The Kier molecular flexibility index (Phi) is 1.65. The van der Waals surface area contributed by atoms with Crippen LogP contribution in [0.15, 0.2) is 0 Å². The Labute approximate surface area is 66.5 Å². The van der Waals surface area contributed by atoms with Gasteiger partial charge in [0.2, 0.25) is 0 Å². The van der Waals surface area contributed by atoms with Gasteiger partial charge < -0.3 is 0 Å². The first-order valence-corrected chi connectivity index (χ1v) is 4.31. The van der Waals surface area contributed by atoms with Crippen molar-refractivity contribution in [2.45, 2.75) is 33.6 Å². The van der Waals surface area contributed by atoms with Gasteiger partial charge in [-0.05, 0) is 0 Å². The number of hydrogen-bond acceptors (Lipinski definition) is 0. The van der Waals surface area contributed by atoms with Crippen LogP contribution >= 0.6 is 0 Å². The fourth-order valence-corrected chi connectivity index (χ4v) is 1.47. The molecule has 1 fully saturated rings. The van der Waals surface area contributed by atoms with Crippen molar-refractivity contribution in [1.29, 1.82) is 0 Å². The average molecular weight is 161 g/mol. The third-order valence-electron chi connectivity index (χ3n) is 2.88. The van der Waals surface area contributed by atoms with Crippen molar-refractivity contribution in [3.63, 3.8) is 0 Å². The fourth-order valence-electron chi connectivity index (χ4n) is 0.988. The summed E-state index contributed by atoms with van der Waals surface area (Å²) in [4.78, 5) is 0. The summed E-state index contributed by atoms with van der Waals surface area (Å²) in [6.45, 7) is 7.01. The first kappa shape index (κ1) is 7.56. The molecule has 1 aliphatic carbocycles. The van der Waals surface area contributed by atoms with Crippen molar-refractivity contribution in [3.05, 3.63) is 0 Å². The van der Waals surface area contributed by atoms with Gasteiger partial charge in [-0.3, -0.25) is 0 Å². The molecule has 0 saturated heterocycles. The SMILES string of the molecule is CC(C)([CH]=[V])C1(C)CC1. The molecule has 0 unspecified atom stereocenters. The molecule has 0 nitrogen and oxygen atoms in total. The van der Waals surface area contributed by atoms with Crippen LogP contribution in [-0.4, -0.2) is 4.73 Å². The van der Waals surface area contributed by atoms with Crippen molar-refractivity contribution >= 4 is 4.73 Å². The van der Waals surface area contributed by atoms with E-state index in [0.717, 1.165) is 0 Å². The molecule has 0 aromatic carbocycles. The molecular weight excluding hydrogens is 147 g/mol. The molecule has 1 aliphatic rings. The maximum absolute atomic E-state index is 2.59. The minimum atomic E-state index is 0.437. The van der Waals surface area contributed by atoms with Crippen LogP contribution in [-0.2, 0) is 17.0 Å². The first-order chi connectivity index (χ1) is 4.02. The van der Waals surface area contributed by atoms with E-state index in [4.69, 9.17) is 0 Å². The van der Waals surface area contributed by atoms with Gasteiger partial charge in [-0.2, -0.15) is 0 Å². The Bertz CT molecular complexity index is 132. The summed E-state index contributed by atoms with van der Waals surface area (Å²) in [5.41, 5.74) is 1.06. The van der Waals surface area contributed by atoms with Crippen molar-refractivity contribution in [1.82, 2.24) is 0 Å². The fraction of sp³-hybridized carbons (Fsp3) is 0.875. The molecule has 0 heterocycles. The second-order valence-corrected chi connectivity index (χ2v) is 4.31. The van der Waals surface area contributed by atoms with E-state index in [2.05, 4.69) is 42.5 Å². The van der Waals surface area contributed by atoms with Gasteiger partial charge in [-0.1, -0.05) is 0 Å². The molecule has 0 aliphatic heterocycles. The molecular formula is C8H14V. The molecule has 0 spiro atoms. The molecule has 0 atom stereocenters. The molecule has 0 N–H and O–H groups in total. The summed E-state index contributed by atoms with van der Waals surface area (Å²) >= 11 is 2.59. The van der Waals surface area contributed by atoms with E-state index in [0.29, 0.717) is 10.8 Å². The van der Waals surface area contributed by atoms with Gasteiger partial charge in [0, 0.05) is 0 Å². The van der Waals surface area contributed by atoms with Gasteiger partial charge >= 0.3 is 66.2 Å². The summed E-state index contributed by atoms with van der Waals surface area (Å²) in [6.07, 6.45) is 2.82. The van der Waals surface area contributed by atoms with Gasteiger partial charge in [-0.15, -0.1) is 0 Å². The molecule has 1 rings (SSSR count). The third-order valence-corrected chi connectivity index (χ3v) is 3.89. The monoisotopic (exact) mass is 161 g/mol. The summed E-state index contributed by atoms with van der Waals surface area (Å²) in [7, 11) is 0. The van der Waals surface area contributed by atoms with Crippen LogP contribution in [0.25, 0.3) is 0 Å². The van der Waals surface area contributed by atoms with Gasteiger partial charge in [0.15, 0.2) is 0 Å². The van der Waals surface area contributed by atoms with Crippen LogP contribution in [0.4, 0.5) is 0 Å². The standard InChI is InChI=1S/C8H14.V/c1-7(2,3)8(4)5-6-8;/h1H,5-6H2,2-4H3;. The van der Waals surface area contributed by atoms with Gasteiger partial charge in [0.05, 0.1) is 0 Å². The van der Waals surface area contributed by atoms with E-state index < -0.39 is 0 Å². The molecule has 0 radical (unpaired) electrons. The summed E-state index contributed by atoms with van der Waals surface area (Å²) in [5, 5.41) is 0. The third kappa shape index (κ3) is 1.16. The summed E-state index contributed by atoms with van der Waals surface area (Å²) < 4.78 is 2.27. The Balaban J connectivity index is 2.69.